The van der Waals surface area contributed by atoms with Crippen molar-refractivity contribution in [3.8, 4) is 0 Å². The van der Waals surface area contributed by atoms with E-state index in [0.717, 1.165) is 12.0 Å². The minimum Gasteiger partial charge on any atom is -0.471 e. The van der Waals surface area contributed by atoms with Crippen LogP contribution >= 0.6 is 0 Å². The van der Waals surface area contributed by atoms with Crippen LogP contribution in [0.25, 0.3) is 0 Å². The number of hydrogen-bond donors (Lipinski definition) is 3. The third-order valence-electron chi connectivity index (χ3n) is 2.57. The number of aliphatic hydroxyl groups is 2. The Morgan fingerprint density at radius 2 is 2.13 bits per heavy atom. The average Bonchev–Trinajstić information content (AvgIpc) is 1.97. The number of hydrogen-bond acceptors (Lipinski definition) is 5. The molecule has 0 fully saturated rings. The monoisotopic (exact) mass is 212 g/mol. The highest BCUT2D eigenvalue weighted by molar-refractivity contribution is 5.97. The van der Waals surface area contributed by atoms with Crippen molar-refractivity contribution in [1.82, 2.24) is 5.32 Å². The molecule has 2 heterocycles. The van der Waals surface area contributed by atoms with Crippen molar-refractivity contribution >= 4 is 5.90 Å². The first-order chi connectivity index (χ1) is 6.89. The third-order valence-corrected chi connectivity index (χ3v) is 2.57. The van der Waals surface area contributed by atoms with E-state index in [4.69, 9.17) is 4.74 Å². The van der Waals surface area contributed by atoms with Crippen LogP contribution < -0.4 is 5.32 Å². The highest BCUT2D eigenvalue weighted by atomic mass is 16.5. The van der Waals surface area contributed by atoms with Crippen molar-refractivity contribution in [3.63, 3.8) is 0 Å². The lowest BCUT2D eigenvalue weighted by Crippen LogP contribution is -2.49. The number of rotatable bonds is 0. The summed E-state index contributed by atoms with van der Waals surface area (Å²) in [5.41, 5.74) is 1.36. The second-order valence-electron chi connectivity index (χ2n) is 4.61. The number of aliphatic hydroxyl groups excluding tert-OH is 2. The molecule has 0 bridgehead atoms. The molecule has 0 aromatic rings. The Kier molecular flexibility index (Phi) is 2.33. The van der Waals surface area contributed by atoms with Gasteiger partial charge in [0.25, 0.3) is 0 Å². The Morgan fingerprint density at radius 1 is 1.47 bits per heavy atom. The molecule has 2 unspecified atom stereocenters. The smallest absolute Gasteiger partial charge is 0.220 e. The maximum Gasteiger partial charge on any atom is 0.220 e. The molecule has 2 aliphatic rings. The number of nitrogens with one attached hydrogen (secondary N) is 1. The molecule has 0 aromatic carbocycles. The zero-order chi connectivity index (χ0) is 11.2. The van der Waals surface area contributed by atoms with Crippen molar-refractivity contribution in [2.24, 2.45) is 4.99 Å². The van der Waals surface area contributed by atoms with Gasteiger partial charge in [0.15, 0.2) is 0 Å². The minimum atomic E-state index is -1.10. The first-order valence-corrected chi connectivity index (χ1v) is 4.98. The second-order valence-corrected chi connectivity index (χ2v) is 4.61. The SMILES string of the molecule is CC1=C2C(=NC(O)NC2O)OC(C)(C)C1. The Morgan fingerprint density at radius 3 is 2.80 bits per heavy atom. The molecule has 2 aliphatic heterocycles. The van der Waals surface area contributed by atoms with Gasteiger partial charge in [-0.3, -0.25) is 0 Å². The minimum absolute atomic E-state index is 0.330. The molecule has 0 saturated heterocycles. The van der Waals surface area contributed by atoms with Crippen LogP contribution in [0.3, 0.4) is 0 Å². The second kappa shape index (κ2) is 3.30. The Balaban J connectivity index is 2.43. The fourth-order valence-corrected chi connectivity index (χ4v) is 2.09. The summed E-state index contributed by atoms with van der Waals surface area (Å²) >= 11 is 0. The van der Waals surface area contributed by atoms with Crippen LogP contribution in [0.5, 0.6) is 0 Å². The summed E-state index contributed by atoms with van der Waals surface area (Å²) in [5, 5.41) is 21.6. The van der Waals surface area contributed by atoms with Crippen LogP contribution in [0.2, 0.25) is 0 Å². The van der Waals surface area contributed by atoms with Crippen molar-refractivity contribution in [2.75, 3.05) is 0 Å². The van der Waals surface area contributed by atoms with Crippen LogP contribution in [-0.2, 0) is 4.74 Å². The van der Waals surface area contributed by atoms with Gasteiger partial charge in [-0.2, -0.15) is 0 Å². The van der Waals surface area contributed by atoms with E-state index in [-0.39, 0.29) is 5.60 Å². The summed E-state index contributed by atoms with van der Waals surface area (Å²) in [6, 6.07) is 0. The standard InChI is InChI=1S/C10H16N2O3/c1-5-4-10(2,3)15-8-6(5)7(13)11-9(14)12-8/h7,9,11,13-14H,4H2,1-3H3. The van der Waals surface area contributed by atoms with Gasteiger partial charge in [-0.05, 0) is 20.8 Å². The molecule has 15 heavy (non-hydrogen) atoms. The van der Waals surface area contributed by atoms with E-state index >= 15 is 0 Å². The van der Waals surface area contributed by atoms with Crippen LogP contribution in [0, 0.1) is 0 Å². The lowest BCUT2D eigenvalue weighted by molar-refractivity contribution is 0.0315. The highest BCUT2D eigenvalue weighted by Crippen LogP contribution is 2.32. The van der Waals surface area contributed by atoms with Crippen molar-refractivity contribution in [1.29, 1.82) is 0 Å². The van der Waals surface area contributed by atoms with Crippen LogP contribution in [0.1, 0.15) is 27.2 Å². The van der Waals surface area contributed by atoms with E-state index in [1.807, 2.05) is 20.8 Å². The van der Waals surface area contributed by atoms with E-state index in [0.29, 0.717) is 11.5 Å². The zero-order valence-electron chi connectivity index (χ0n) is 9.11. The summed E-state index contributed by atoms with van der Waals surface area (Å²) in [6.07, 6.45) is -1.25. The molecule has 0 aliphatic carbocycles. The fraction of sp³-hybridized carbons (Fsp3) is 0.700. The highest BCUT2D eigenvalue weighted by Gasteiger charge is 2.37. The van der Waals surface area contributed by atoms with E-state index in [1.54, 1.807) is 0 Å². The van der Waals surface area contributed by atoms with E-state index in [2.05, 4.69) is 10.3 Å². The summed E-state index contributed by atoms with van der Waals surface area (Å²) in [6.45, 7) is 5.85. The number of fused-ring (bicyclic) bond motifs is 1. The van der Waals surface area contributed by atoms with Gasteiger partial charge in [0.2, 0.25) is 12.2 Å². The predicted octanol–water partition coefficient (Wildman–Crippen LogP) is 0.0978. The lowest BCUT2D eigenvalue weighted by Gasteiger charge is -2.38. The maximum absolute atomic E-state index is 9.73. The zero-order valence-corrected chi connectivity index (χ0v) is 9.11. The molecule has 0 saturated carbocycles. The summed E-state index contributed by atoms with van der Waals surface area (Å²) < 4.78 is 5.62. The molecule has 0 amide bonds. The van der Waals surface area contributed by atoms with Crippen LogP contribution in [0.4, 0.5) is 0 Å². The molecular weight excluding hydrogens is 196 g/mol. The molecule has 5 nitrogen and oxygen atoms in total. The first kappa shape index (κ1) is 10.6. The average molecular weight is 212 g/mol. The van der Waals surface area contributed by atoms with E-state index < -0.39 is 12.6 Å². The van der Waals surface area contributed by atoms with Crippen molar-refractivity contribution < 1.29 is 14.9 Å². The van der Waals surface area contributed by atoms with Gasteiger partial charge in [0, 0.05) is 6.42 Å². The quantitative estimate of drug-likeness (QED) is 0.532. The van der Waals surface area contributed by atoms with Gasteiger partial charge in [-0.15, -0.1) is 0 Å². The third kappa shape index (κ3) is 1.90. The van der Waals surface area contributed by atoms with Crippen molar-refractivity contribution in [2.45, 2.75) is 45.4 Å². The van der Waals surface area contributed by atoms with Gasteiger partial charge < -0.3 is 14.9 Å². The van der Waals surface area contributed by atoms with Crippen LogP contribution in [0.15, 0.2) is 16.1 Å². The molecule has 3 N–H and O–H groups in total. The summed E-state index contributed by atoms with van der Waals surface area (Å²) in [4.78, 5) is 3.92. The van der Waals surface area contributed by atoms with Gasteiger partial charge in [-0.1, -0.05) is 5.57 Å². The molecule has 2 rings (SSSR count). The fourth-order valence-electron chi connectivity index (χ4n) is 2.09. The van der Waals surface area contributed by atoms with Gasteiger partial charge >= 0.3 is 0 Å². The molecule has 0 spiro atoms. The molecule has 84 valence electrons. The predicted molar refractivity (Wildman–Crippen MR) is 55.1 cm³/mol. The molecule has 0 radical (unpaired) electrons. The number of nitrogens with zero attached hydrogens (tertiary/aromatic N) is 1. The Labute approximate surface area is 88.5 Å². The van der Waals surface area contributed by atoms with Gasteiger partial charge in [-0.25, -0.2) is 10.3 Å². The van der Waals surface area contributed by atoms with E-state index in [1.165, 1.54) is 0 Å². The molecule has 0 aromatic heterocycles. The topological polar surface area (TPSA) is 74.1 Å². The molecule has 5 heteroatoms. The van der Waals surface area contributed by atoms with Crippen LogP contribution in [-0.4, -0.2) is 34.3 Å². The molecular formula is C10H16N2O3. The lowest BCUT2D eigenvalue weighted by atomic mass is 9.91. The maximum atomic E-state index is 9.73. The van der Waals surface area contributed by atoms with Gasteiger partial charge in [0.1, 0.15) is 11.8 Å². The van der Waals surface area contributed by atoms with E-state index in [9.17, 15) is 10.2 Å². The Bertz CT molecular complexity index is 347. The van der Waals surface area contributed by atoms with Crippen molar-refractivity contribution in [3.05, 3.63) is 11.1 Å². The largest absolute Gasteiger partial charge is 0.471 e. The normalized spacial score (nSPS) is 34.3. The van der Waals surface area contributed by atoms with Gasteiger partial charge in [0.05, 0.1) is 5.57 Å². The summed E-state index contributed by atoms with van der Waals surface area (Å²) in [5.74, 6) is 0.350. The molecule has 2 atom stereocenters. The first-order valence-electron chi connectivity index (χ1n) is 4.98. The number of aliphatic imine (C=N–C) groups is 1. The number of ether oxygens (including phenoxy) is 1. The summed E-state index contributed by atoms with van der Waals surface area (Å²) in [7, 11) is 0. The Hall–Kier alpha value is -0.910.